The number of aliphatic carboxylic acids is 3. The minimum absolute atomic E-state index is 0.540. The second-order valence-electron chi connectivity index (χ2n) is 2.86. The Morgan fingerprint density at radius 3 is 1.86 bits per heavy atom. The van der Waals surface area contributed by atoms with E-state index in [1.54, 1.807) is 0 Å². The molecule has 0 aliphatic carbocycles. The van der Waals surface area contributed by atoms with Gasteiger partial charge in [-0.1, -0.05) is 0 Å². The molecule has 8 heteroatoms. The Kier molecular flexibility index (Phi) is 5.19. The van der Waals surface area contributed by atoms with E-state index < -0.39 is 78.9 Å². The van der Waals surface area contributed by atoms with Gasteiger partial charge in [0.2, 0.25) is 0 Å². The van der Waals surface area contributed by atoms with Gasteiger partial charge < -0.3 is 0 Å². The van der Waals surface area contributed by atoms with Gasteiger partial charge in [-0.25, -0.2) is 0 Å². The van der Waals surface area contributed by atoms with E-state index in [4.69, 9.17) is 15.3 Å². The Morgan fingerprint density at radius 1 is 1.21 bits per heavy atom. The molecule has 0 fully saturated rings. The van der Waals surface area contributed by atoms with E-state index in [2.05, 4.69) is 0 Å². The van der Waals surface area contributed by atoms with E-state index in [9.17, 15) is 19.5 Å². The number of rotatable bonds is 5. The summed E-state index contributed by atoms with van der Waals surface area (Å²) in [5.41, 5.74) is -2.70. The molecule has 0 rings (SSSR count). The molecular formula is C6H7KO7. The summed E-state index contributed by atoms with van der Waals surface area (Å²) in [6.07, 6.45) is -1.11. The fourth-order valence-corrected chi connectivity index (χ4v) is 1.55. The van der Waals surface area contributed by atoms with Crippen LogP contribution in [0.3, 0.4) is 0 Å². The van der Waals surface area contributed by atoms with Crippen molar-refractivity contribution in [2.75, 3.05) is 0 Å². The van der Waals surface area contributed by atoms with Gasteiger partial charge >= 0.3 is 114 Å². The predicted octanol–water partition coefficient (Wildman–Crippen LogP) is -1.68. The molecule has 0 bridgehead atoms. The van der Waals surface area contributed by atoms with Gasteiger partial charge in [0.15, 0.2) is 0 Å². The first kappa shape index (κ1) is 14.0. The number of carboxylic acids is 3. The van der Waals surface area contributed by atoms with E-state index >= 15 is 0 Å². The van der Waals surface area contributed by atoms with Crippen molar-refractivity contribution in [3.8, 4) is 0 Å². The van der Waals surface area contributed by atoms with Gasteiger partial charge in [-0.2, -0.15) is 0 Å². The molecule has 2 unspecified atom stereocenters. The van der Waals surface area contributed by atoms with Crippen LogP contribution in [0.25, 0.3) is 0 Å². The van der Waals surface area contributed by atoms with Crippen LogP contribution in [-0.4, -0.2) is 92.9 Å². The molecule has 0 spiro atoms. The molecule has 0 radical (unpaired) electrons. The topological polar surface area (TPSA) is 132 Å². The maximum atomic E-state index is 10.6. The molecule has 74 valence electrons. The second kappa shape index (κ2) is 5.19. The zero-order valence-electron chi connectivity index (χ0n) is 7.30. The number of aliphatic hydroxyl groups is 1. The first-order valence-electron chi connectivity index (χ1n) is 3.62. The monoisotopic (exact) mass is 230 g/mol. The van der Waals surface area contributed by atoms with Crippen molar-refractivity contribution < 1.29 is 34.8 Å². The molecule has 4 N–H and O–H groups in total. The van der Waals surface area contributed by atoms with E-state index in [0.717, 1.165) is 0 Å². The molecule has 0 aromatic rings. The average Bonchev–Trinajstić information content (AvgIpc) is 2.00. The van der Waals surface area contributed by atoms with E-state index in [0.29, 0.717) is 0 Å². The third kappa shape index (κ3) is 3.30. The molecule has 0 aromatic heterocycles. The zero-order chi connectivity index (χ0) is 11.5. The Bertz CT molecular complexity index is 275. The van der Waals surface area contributed by atoms with Gasteiger partial charge in [-0.15, -0.1) is 0 Å². The fourth-order valence-electron chi connectivity index (χ4n) is 0.849. The molecule has 0 amide bonds. The summed E-state index contributed by atoms with van der Waals surface area (Å²) in [5.74, 6) is -4.86. The van der Waals surface area contributed by atoms with E-state index in [1.165, 1.54) is 0 Å². The van der Waals surface area contributed by atoms with E-state index in [1.807, 2.05) is 0 Å². The van der Waals surface area contributed by atoms with Gasteiger partial charge in [-0.05, 0) is 0 Å². The van der Waals surface area contributed by atoms with Crippen molar-refractivity contribution in [2.24, 2.45) is 0 Å². The third-order valence-electron chi connectivity index (χ3n) is 1.88. The average molecular weight is 230 g/mol. The second-order valence-corrected chi connectivity index (χ2v) is 4.66. The molecule has 14 heavy (non-hydrogen) atoms. The molecule has 2 atom stereocenters. The van der Waals surface area contributed by atoms with Crippen LogP contribution in [0.1, 0.15) is 6.42 Å². The van der Waals surface area contributed by atoms with Crippen LogP contribution in [0.5, 0.6) is 0 Å². The number of carbonyl (C=O) groups is 3. The molecule has 0 saturated carbocycles. The van der Waals surface area contributed by atoms with Crippen molar-refractivity contribution >= 4 is 66.9 Å². The van der Waals surface area contributed by atoms with Gasteiger partial charge in [0.25, 0.3) is 0 Å². The molecule has 7 nitrogen and oxygen atoms in total. The Labute approximate surface area is 112 Å². The molecule has 0 aromatic carbocycles. The molecule has 0 saturated heterocycles. The summed E-state index contributed by atoms with van der Waals surface area (Å²) in [7, 11) is 0. The predicted molar refractivity (Wildman–Crippen MR) is 42.0 cm³/mol. The van der Waals surface area contributed by atoms with Gasteiger partial charge in [-0.3, -0.25) is 0 Å². The van der Waals surface area contributed by atoms with Crippen LogP contribution in [0.4, 0.5) is 0 Å². The van der Waals surface area contributed by atoms with Crippen LogP contribution in [0.2, 0.25) is 0.0125 Å². The summed E-state index contributed by atoms with van der Waals surface area (Å²) < 4.78 is -1.51. The SMILES string of the molecule is O=C(O)CC(O)(C(=O)O)[CH]([K])C(=O)O. The number of carboxylic acid groups (broad SMARTS) is 3. The zero-order valence-corrected chi connectivity index (χ0v) is 10.4. The van der Waals surface area contributed by atoms with Crippen molar-refractivity contribution in [3.05, 3.63) is 0 Å². The quantitative estimate of drug-likeness (QED) is 0.414. The summed E-state index contributed by atoms with van der Waals surface area (Å²) in [6.45, 7) is 0. The van der Waals surface area contributed by atoms with Gasteiger partial charge in [0.05, 0.1) is 0 Å². The normalized spacial score (nSPS) is 16.8. The van der Waals surface area contributed by atoms with Crippen molar-refractivity contribution in [2.45, 2.75) is 12.0 Å². The third-order valence-corrected chi connectivity index (χ3v) is 4.14. The van der Waals surface area contributed by atoms with E-state index in [-0.39, 0.29) is 0 Å². The first-order valence-corrected chi connectivity index (χ1v) is 5.42. The summed E-state index contributed by atoms with van der Waals surface area (Å²) in [6, 6.07) is 0. The van der Waals surface area contributed by atoms with Crippen molar-refractivity contribution in [1.29, 1.82) is 0 Å². The minimum atomic E-state index is -2.70. The summed E-state index contributed by atoms with van der Waals surface area (Å²) in [4.78, 5) is 31.3. The summed E-state index contributed by atoms with van der Waals surface area (Å²) >= 11 is -0.540. The Morgan fingerprint density at radius 2 is 1.64 bits per heavy atom. The van der Waals surface area contributed by atoms with Crippen molar-refractivity contribution in [3.63, 3.8) is 0 Å². The molecular weight excluding hydrogens is 223 g/mol. The van der Waals surface area contributed by atoms with Gasteiger partial charge in [0, 0.05) is 0 Å². The number of hydrogen-bond acceptors (Lipinski definition) is 4. The van der Waals surface area contributed by atoms with Crippen molar-refractivity contribution in [1.82, 2.24) is 0 Å². The van der Waals surface area contributed by atoms with Gasteiger partial charge in [0.1, 0.15) is 0 Å². The molecule has 0 aliphatic heterocycles. The molecule has 0 heterocycles. The van der Waals surface area contributed by atoms with Crippen LogP contribution >= 0.6 is 0 Å². The fraction of sp³-hybridized carbons (Fsp3) is 0.500. The van der Waals surface area contributed by atoms with Crippen LogP contribution < -0.4 is 0 Å². The maximum absolute atomic E-state index is 10.6. The Hall–Kier alpha value is 0.00636. The first-order chi connectivity index (χ1) is 6.21. The van der Waals surface area contributed by atoms with Crippen LogP contribution in [0, 0.1) is 0 Å². The Balaban J connectivity index is 4.99. The number of hydrogen-bond donors (Lipinski definition) is 4. The van der Waals surface area contributed by atoms with Crippen LogP contribution in [0.15, 0.2) is 0 Å². The molecule has 0 aliphatic rings. The summed E-state index contributed by atoms with van der Waals surface area (Å²) in [5, 5.41) is 34.8. The standard InChI is InChI=1S/C6H7O7.K/c7-3(8)1-6(13,5(11)12)2-4(9)10;/h1,13H,2H2,(H,7,8)(H,9,10)(H,11,12);. The van der Waals surface area contributed by atoms with Crippen LogP contribution in [-0.2, 0) is 14.4 Å².